The molecule has 1 heterocycles. The van der Waals surface area contributed by atoms with Crippen LogP contribution in [0.2, 0.25) is 5.02 Å². The van der Waals surface area contributed by atoms with Gasteiger partial charge in [0.2, 0.25) is 11.8 Å². The summed E-state index contributed by atoms with van der Waals surface area (Å²) in [6.45, 7) is 0.868. The van der Waals surface area contributed by atoms with Gasteiger partial charge in [-0.15, -0.1) is 0 Å². The predicted octanol–water partition coefficient (Wildman–Crippen LogP) is 2.15. The summed E-state index contributed by atoms with van der Waals surface area (Å²) in [5, 5.41) is 9.64. The van der Waals surface area contributed by atoms with Gasteiger partial charge in [-0.05, 0) is 43.4 Å². The van der Waals surface area contributed by atoms with Crippen molar-refractivity contribution in [2.75, 3.05) is 26.7 Å². The first-order chi connectivity index (χ1) is 12.3. The molecule has 0 unspecified atom stereocenters. The summed E-state index contributed by atoms with van der Waals surface area (Å²) in [5.74, 6) is -1.38. The minimum atomic E-state index is -0.804. The van der Waals surface area contributed by atoms with Crippen molar-refractivity contribution in [1.29, 1.82) is 0 Å². The number of piperidine rings is 1. The fourth-order valence-electron chi connectivity index (χ4n) is 3.65. The van der Waals surface area contributed by atoms with Gasteiger partial charge in [0, 0.05) is 25.2 Å². The lowest BCUT2D eigenvalue weighted by Crippen LogP contribution is -2.47. The Morgan fingerprint density at radius 3 is 2.46 bits per heavy atom. The summed E-state index contributed by atoms with van der Waals surface area (Å²) in [6, 6.07) is 7.34. The highest BCUT2D eigenvalue weighted by Gasteiger charge is 2.52. The Labute approximate surface area is 157 Å². The summed E-state index contributed by atoms with van der Waals surface area (Å²) in [6.07, 6.45) is 2.44. The first kappa shape index (κ1) is 18.7. The number of likely N-dealkylation sites (tertiary alicyclic amines) is 1. The Morgan fingerprint density at radius 2 is 1.92 bits per heavy atom. The van der Waals surface area contributed by atoms with Gasteiger partial charge >= 0.3 is 5.97 Å². The Morgan fingerprint density at radius 1 is 1.27 bits per heavy atom. The average molecular weight is 379 g/mol. The Kier molecular flexibility index (Phi) is 5.23. The molecule has 1 aromatic carbocycles. The lowest BCUT2D eigenvalue weighted by molar-refractivity contribution is -0.146. The van der Waals surface area contributed by atoms with Crippen molar-refractivity contribution in [2.24, 2.45) is 5.92 Å². The number of carbonyl (C=O) groups is 3. The third-order valence-corrected chi connectivity index (χ3v) is 5.69. The third-order valence-electron chi connectivity index (χ3n) is 5.45. The number of rotatable bonds is 5. The molecule has 0 bridgehead atoms. The molecule has 2 fully saturated rings. The number of hydrogen-bond acceptors (Lipinski definition) is 3. The molecule has 0 aromatic heterocycles. The molecule has 1 saturated heterocycles. The van der Waals surface area contributed by atoms with Gasteiger partial charge in [-0.25, -0.2) is 0 Å². The zero-order valence-corrected chi connectivity index (χ0v) is 15.5. The van der Waals surface area contributed by atoms with Crippen LogP contribution in [-0.4, -0.2) is 59.4 Å². The van der Waals surface area contributed by atoms with Crippen LogP contribution in [0, 0.1) is 5.92 Å². The summed E-state index contributed by atoms with van der Waals surface area (Å²) in [5.41, 5.74) is 0.340. The van der Waals surface area contributed by atoms with Crippen LogP contribution >= 0.6 is 11.6 Å². The molecule has 0 radical (unpaired) electrons. The van der Waals surface area contributed by atoms with Crippen LogP contribution in [-0.2, 0) is 19.8 Å². The van der Waals surface area contributed by atoms with E-state index in [4.69, 9.17) is 16.7 Å². The van der Waals surface area contributed by atoms with E-state index >= 15 is 0 Å². The molecule has 2 aliphatic rings. The minimum Gasteiger partial charge on any atom is -0.481 e. The number of nitrogens with zero attached hydrogens (tertiary/aromatic N) is 2. The van der Waals surface area contributed by atoms with Crippen LogP contribution in [0.25, 0.3) is 0 Å². The number of aliphatic carboxylic acids is 1. The summed E-state index contributed by atoms with van der Waals surface area (Å²) in [7, 11) is 1.65. The molecule has 6 nitrogen and oxygen atoms in total. The Balaban J connectivity index is 1.59. The highest BCUT2D eigenvalue weighted by atomic mass is 35.5. The first-order valence-electron chi connectivity index (χ1n) is 8.86. The van der Waals surface area contributed by atoms with Gasteiger partial charge < -0.3 is 14.9 Å². The van der Waals surface area contributed by atoms with E-state index < -0.39 is 11.4 Å². The first-order valence-corrected chi connectivity index (χ1v) is 9.23. The van der Waals surface area contributed by atoms with E-state index in [1.54, 1.807) is 18.0 Å². The molecule has 1 N–H and O–H groups in total. The van der Waals surface area contributed by atoms with Crippen molar-refractivity contribution in [3.05, 3.63) is 34.9 Å². The van der Waals surface area contributed by atoms with Crippen LogP contribution in [0.3, 0.4) is 0 Å². The Bertz CT molecular complexity index is 724. The second-order valence-electron chi connectivity index (χ2n) is 7.25. The molecule has 140 valence electrons. The number of likely N-dealkylation sites (N-methyl/N-ethyl adjacent to an activating group) is 1. The van der Waals surface area contributed by atoms with E-state index in [0.29, 0.717) is 31.0 Å². The van der Waals surface area contributed by atoms with E-state index in [1.165, 1.54) is 4.90 Å². The fourth-order valence-corrected chi connectivity index (χ4v) is 3.84. The van der Waals surface area contributed by atoms with E-state index in [2.05, 4.69) is 0 Å². The molecule has 0 atom stereocenters. The lowest BCUT2D eigenvalue weighted by Gasteiger charge is -2.32. The molecular formula is C19H23ClN2O4. The summed E-state index contributed by atoms with van der Waals surface area (Å²) >= 11 is 6.06. The van der Waals surface area contributed by atoms with Gasteiger partial charge in [-0.2, -0.15) is 0 Å². The Hall–Kier alpha value is -2.08. The molecule has 7 heteroatoms. The van der Waals surface area contributed by atoms with Gasteiger partial charge in [0.1, 0.15) is 0 Å². The largest absolute Gasteiger partial charge is 0.481 e. The summed E-state index contributed by atoms with van der Waals surface area (Å²) in [4.78, 5) is 39.6. The van der Waals surface area contributed by atoms with Gasteiger partial charge in [-0.3, -0.25) is 14.4 Å². The number of carbonyl (C=O) groups excluding carboxylic acids is 2. The van der Waals surface area contributed by atoms with Crippen molar-refractivity contribution in [3.8, 4) is 0 Å². The second-order valence-corrected chi connectivity index (χ2v) is 7.68. The number of halogens is 1. The molecule has 0 spiro atoms. The van der Waals surface area contributed by atoms with Gasteiger partial charge in [-0.1, -0.05) is 23.7 Å². The number of benzene rings is 1. The monoisotopic (exact) mass is 378 g/mol. The number of amides is 2. The molecule has 3 rings (SSSR count). The predicted molar refractivity (Wildman–Crippen MR) is 96.9 cm³/mol. The van der Waals surface area contributed by atoms with E-state index in [9.17, 15) is 14.4 Å². The molecule has 1 aromatic rings. The zero-order chi connectivity index (χ0) is 18.9. The van der Waals surface area contributed by atoms with Crippen LogP contribution in [0.5, 0.6) is 0 Å². The highest BCUT2D eigenvalue weighted by Crippen LogP contribution is 2.49. The van der Waals surface area contributed by atoms with E-state index in [-0.39, 0.29) is 24.3 Å². The average Bonchev–Trinajstić information content (AvgIpc) is 3.43. The maximum Gasteiger partial charge on any atom is 0.306 e. The molecule has 1 aliphatic heterocycles. The number of carboxylic acid groups (broad SMARTS) is 1. The zero-order valence-electron chi connectivity index (χ0n) is 14.8. The van der Waals surface area contributed by atoms with Gasteiger partial charge in [0.05, 0.1) is 17.9 Å². The molecular weight excluding hydrogens is 356 g/mol. The molecule has 26 heavy (non-hydrogen) atoms. The minimum absolute atomic E-state index is 0.0128. The van der Waals surface area contributed by atoms with Crippen LogP contribution < -0.4 is 0 Å². The van der Waals surface area contributed by atoms with Gasteiger partial charge in [0.25, 0.3) is 0 Å². The number of carboxylic acids is 1. The van der Waals surface area contributed by atoms with Crippen molar-refractivity contribution in [3.63, 3.8) is 0 Å². The highest BCUT2D eigenvalue weighted by molar-refractivity contribution is 6.30. The topological polar surface area (TPSA) is 77.9 Å². The van der Waals surface area contributed by atoms with Crippen molar-refractivity contribution in [1.82, 2.24) is 9.80 Å². The van der Waals surface area contributed by atoms with Crippen molar-refractivity contribution < 1.29 is 19.5 Å². The maximum atomic E-state index is 12.9. The lowest BCUT2D eigenvalue weighted by atomic mass is 9.94. The third kappa shape index (κ3) is 3.70. The smallest absolute Gasteiger partial charge is 0.306 e. The quantitative estimate of drug-likeness (QED) is 0.851. The maximum absolute atomic E-state index is 12.9. The molecule has 1 saturated carbocycles. The summed E-state index contributed by atoms with van der Waals surface area (Å²) < 4.78 is 0. The van der Waals surface area contributed by atoms with Crippen LogP contribution in [0.4, 0.5) is 0 Å². The van der Waals surface area contributed by atoms with E-state index in [1.807, 2.05) is 18.2 Å². The van der Waals surface area contributed by atoms with Crippen LogP contribution in [0.15, 0.2) is 24.3 Å². The van der Waals surface area contributed by atoms with Crippen molar-refractivity contribution in [2.45, 2.75) is 31.1 Å². The standard InChI is InChI=1S/C19H23ClN2O4/c1-21(12-16(23)22-9-5-13(6-10-22)17(24)25)18(26)19(7-8-19)14-3-2-4-15(20)11-14/h2-4,11,13H,5-10,12H2,1H3,(H,24,25). The van der Waals surface area contributed by atoms with Crippen LogP contribution in [0.1, 0.15) is 31.2 Å². The van der Waals surface area contributed by atoms with Crippen molar-refractivity contribution >= 4 is 29.4 Å². The van der Waals surface area contributed by atoms with E-state index in [0.717, 1.165) is 18.4 Å². The fraction of sp³-hybridized carbons (Fsp3) is 0.526. The number of hydrogen-bond donors (Lipinski definition) is 1. The van der Waals surface area contributed by atoms with Gasteiger partial charge in [0.15, 0.2) is 0 Å². The molecule has 1 aliphatic carbocycles. The molecule has 2 amide bonds. The second kappa shape index (κ2) is 7.27. The normalized spacial score (nSPS) is 19.1. The SMILES string of the molecule is CN(CC(=O)N1CCC(C(=O)O)CC1)C(=O)C1(c2cccc(Cl)c2)CC1.